The van der Waals surface area contributed by atoms with E-state index in [1.807, 2.05) is 35.2 Å². The van der Waals surface area contributed by atoms with Crippen molar-refractivity contribution < 1.29 is 47.1 Å². The molecular weight excluding hydrogens is 261 g/mol. The zero-order valence-electron chi connectivity index (χ0n) is 9.98. The Morgan fingerprint density at radius 2 is 1.56 bits per heavy atom. The van der Waals surface area contributed by atoms with Crippen LogP contribution in [-0.2, 0) is 16.7 Å². The molecule has 1 heterocycles. The van der Waals surface area contributed by atoms with Crippen LogP contribution in [0.15, 0.2) is 59.8 Å². The Hall–Kier alpha value is -0.720. The van der Waals surface area contributed by atoms with E-state index in [1.54, 1.807) is 12.1 Å². The van der Waals surface area contributed by atoms with Gasteiger partial charge in [0.15, 0.2) is 18.9 Å². The van der Waals surface area contributed by atoms with Crippen LogP contribution in [0.25, 0.3) is 0 Å². The number of hydrogen-bond acceptors (Lipinski definition) is 3. The van der Waals surface area contributed by atoms with Crippen LogP contribution in [-0.4, -0.2) is 13.0 Å². The van der Waals surface area contributed by atoms with Gasteiger partial charge in [0.2, 0.25) is 0 Å². The van der Waals surface area contributed by atoms with E-state index in [1.165, 1.54) is 12.1 Å². The average Bonchev–Trinajstić information content (AvgIpc) is 2.30. The molecule has 6 heteroatoms. The molecule has 88 valence electrons. The van der Waals surface area contributed by atoms with Crippen molar-refractivity contribution >= 4 is 10.1 Å². The minimum atomic E-state index is -4.35. The SMILES string of the molecule is O=S(=O)([O-])c1ccc(C[n+]2ccccc2)cc1.[Na+]. The molecule has 2 aromatic rings. The molecule has 0 N–H and O–H groups in total. The number of rotatable bonds is 3. The van der Waals surface area contributed by atoms with Gasteiger partial charge in [-0.2, -0.15) is 0 Å². The second-order valence-corrected chi connectivity index (χ2v) is 5.03. The van der Waals surface area contributed by atoms with Crippen LogP contribution < -0.4 is 34.1 Å². The van der Waals surface area contributed by atoms with E-state index in [0.29, 0.717) is 6.54 Å². The van der Waals surface area contributed by atoms with E-state index in [-0.39, 0.29) is 34.5 Å². The van der Waals surface area contributed by atoms with Gasteiger partial charge >= 0.3 is 29.6 Å². The van der Waals surface area contributed by atoms with Crippen molar-refractivity contribution in [2.24, 2.45) is 0 Å². The predicted molar refractivity (Wildman–Crippen MR) is 60.1 cm³/mol. The molecule has 0 bridgehead atoms. The maximum atomic E-state index is 10.7. The second kappa shape index (κ2) is 6.45. The summed E-state index contributed by atoms with van der Waals surface area (Å²) in [5.41, 5.74) is 0.939. The van der Waals surface area contributed by atoms with E-state index in [0.717, 1.165) is 5.56 Å². The molecule has 1 aromatic carbocycles. The molecule has 0 radical (unpaired) electrons. The molecule has 2 rings (SSSR count). The van der Waals surface area contributed by atoms with Crippen LogP contribution >= 0.6 is 0 Å². The molecule has 0 saturated carbocycles. The fourth-order valence-electron chi connectivity index (χ4n) is 1.51. The van der Waals surface area contributed by atoms with Crippen molar-refractivity contribution in [3.8, 4) is 0 Å². The summed E-state index contributed by atoms with van der Waals surface area (Å²) in [6.45, 7) is 0.639. The summed E-state index contributed by atoms with van der Waals surface area (Å²) in [5.74, 6) is 0. The van der Waals surface area contributed by atoms with E-state index < -0.39 is 10.1 Å². The molecule has 0 aliphatic heterocycles. The van der Waals surface area contributed by atoms with Crippen LogP contribution in [0.5, 0.6) is 0 Å². The molecule has 0 fully saturated rings. The molecule has 18 heavy (non-hydrogen) atoms. The molecule has 0 atom stereocenters. The minimum absolute atomic E-state index is 0. The Balaban J connectivity index is 0.00000162. The number of hydrogen-bond donors (Lipinski definition) is 0. The monoisotopic (exact) mass is 272 g/mol. The van der Waals surface area contributed by atoms with Gasteiger partial charge in [-0.05, 0) is 12.1 Å². The maximum absolute atomic E-state index is 10.7. The van der Waals surface area contributed by atoms with Gasteiger partial charge in [0, 0.05) is 17.7 Å². The molecule has 4 nitrogen and oxygen atoms in total. The van der Waals surface area contributed by atoms with Gasteiger partial charge in [-0.15, -0.1) is 0 Å². The van der Waals surface area contributed by atoms with Crippen molar-refractivity contribution in [3.63, 3.8) is 0 Å². The molecular formula is C12H11NNaO3S+. The van der Waals surface area contributed by atoms with E-state index in [4.69, 9.17) is 0 Å². The van der Waals surface area contributed by atoms with Gasteiger partial charge in [-0.1, -0.05) is 18.2 Å². The smallest absolute Gasteiger partial charge is 0.744 e. The van der Waals surface area contributed by atoms with Crippen molar-refractivity contribution in [2.45, 2.75) is 11.4 Å². The molecule has 0 unspecified atom stereocenters. The van der Waals surface area contributed by atoms with E-state index in [2.05, 4.69) is 0 Å². The molecule has 1 aromatic heterocycles. The summed E-state index contributed by atoms with van der Waals surface area (Å²) >= 11 is 0. The Kier molecular flexibility index (Phi) is 5.49. The second-order valence-electron chi connectivity index (χ2n) is 3.65. The quantitative estimate of drug-likeness (QED) is 0.366. The van der Waals surface area contributed by atoms with Crippen molar-refractivity contribution in [2.75, 3.05) is 0 Å². The largest absolute Gasteiger partial charge is 1.00 e. The molecule has 0 amide bonds. The normalized spacial score (nSPS) is 10.7. The van der Waals surface area contributed by atoms with Crippen LogP contribution in [0, 0.1) is 0 Å². The maximum Gasteiger partial charge on any atom is 1.00 e. The van der Waals surface area contributed by atoms with E-state index in [9.17, 15) is 13.0 Å². The number of pyridine rings is 1. The summed E-state index contributed by atoms with van der Waals surface area (Å²) in [4.78, 5) is -0.195. The predicted octanol–water partition coefficient (Wildman–Crippen LogP) is -2.07. The van der Waals surface area contributed by atoms with E-state index >= 15 is 0 Å². The first-order valence-electron chi connectivity index (χ1n) is 5.05. The standard InChI is InChI=1S/C12H11NO3S.Na/c14-17(15,16)12-6-4-11(5-7-12)10-13-8-2-1-3-9-13;/h1-9H,10H2;/q;+1. The zero-order chi connectivity index (χ0) is 12.3. The summed E-state index contributed by atoms with van der Waals surface area (Å²) in [6.07, 6.45) is 3.83. The molecule has 0 aliphatic carbocycles. The third-order valence-corrected chi connectivity index (χ3v) is 3.20. The fourth-order valence-corrected chi connectivity index (χ4v) is 1.98. The van der Waals surface area contributed by atoms with Crippen LogP contribution in [0.2, 0.25) is 0 Å². The van der Waals surface area contributed by atoms with Gasteiger partial charge in [0.05, 0.1) is 4.90 Å². The van der Waals surface area contributed by atoms with Crippen LogP contribution in [0.1, 0.15) is 5.56 Å². The summed E-state index contributed by atoms with van der Waals surface area (Å²) in [6, 6.07) is 11.7. The molecule has 0 spiro atoms. The van der Waals surface area contributed by atoms with Gasteiger partial charge in [-0.3, -0.25) is 0 Å². The first-order valence-corrected chi connectivity index (χ1v) is 6.45. The van der Waals surface area contributed by atoms with Crippen LogP contribution in [0.4, 0.5) is 0 Å². The van der Waals surface area contributed by atoms with Crippen LogP contribution in [0.3, 0.4) is 0 Å². The first-order chi connectivity index (χ1) is 8.05. The number of nitrogens with zero attached hydrogens (tertiary/aromatic N) is 1. The third kappa shape index (κ3) is 4.19. The molecule has 0 saturated heterocycles. The minimum Gasteiger partial charge on any atom is -0.744 e. The number of benzene rings is 1. The summed E-state index contributed by atoms with van der Waals surface area (Å²) < 4.78 is 34.2. The first kappa shape index (κ1) is 15.3. The van der Waals surface area contributed by atoms with Gasteiger partial charge in [0.25, 0.3) is 0 Å². The van der Waals surface area contributed by atoms with Crippen molar-refractivity contribution in [3.05, 3.63) is 60.4 Å². The van der Waals surface area contributed by atoms with Crippen molar-refractivity contribution in [1.29, 1.82) is 0 Å². The Morgan fingerprint density at radius 3 is 2.06 bits per heavy atom. The number of aromatic nitrogens is 1. The Bertz CT molecular complexity index is 597. The summed E-state index contributed by atoms with van der Waals surface area (Å²) in [7, 11) is -4.35. The topological polar surface area (TPSA) is 61.1 Å². The average molecular weight is 272 g/mol. The van der Waals surface area contributed by atoms with Gasteiger partial charge in [0.1, 0.15) is 10.1 Å². The van der Waals surface area contributed by atoms with Gasteiger partial charge < -0.3 is 4.55 Å². The Labute approximate surface area is 128 Å². The summed E-state index contributed by atoms with van der Waals surface area (Å²) in [5, 5.41) is 0. The fraction of sp³-hybridized carbons (Fsp3) is 0.0833. The Morgan fingerprint density at radius 1 is 1.00 bits per heavy atom. The van der Waals surface area contributed by atoms with Crippen molar-refractivity contribution in [1.82, 2.24) is 0 Å². The zero-order valence-corrected chi connectivity index (χ0v) is 12.8. The molecule has 0 aliphatic rings. The third-order valence-electron chi connectivity index (χ3n) is 2.35. The van der Waals surface area contributed by atoms with Gasteiger partial charge in [-0.25, -0.2) is 13.0 Å².